The van der Waals surface area contributed by atoms with Crippen LogP contribution in [0, 0.1) is 5.41 Å². The molecule has 14 heavy (non-hydrogen) atoms. The molecule has 0 radical (unpaired) electrons. The zero-order valence-corrected chi connectivity index (χ0v) is 9.49. The van der Waals surface area contributed by atoms with Crippen LogP contribution in [-0.2, 0) is 0 Å². The summed E-state index contributed by atoms with van der Waals surface area (Å²) in [6, 6.07) is -1.23. The van der Waals surface area contributed by atoms with Crippen LogP contribution >= 0.6 is 0 Å². The molecule has 0 aliphatic carbocycles. The lowest BCUT2D eigenvalue weighted by molar-refractivity contribution is -1.29. The van der Waals surface area contributed by atoms with Crippen LogP contribution in [0.3, 0.4) is 0 Å². The van der Waals surface area contributed by atoms with Gasteiger partial charge in [-0.1, -0.05) is 40.5 Å². The smallest absolute Gasteiger partial charge is 0.0654 e. The van der Waals surface area contributed by atoms with E-state index in [0.29, 0.717) is 6.42 Å². The summed E-state index contributed by atoms with van der Waals surface area (Å²) in [5, 5.41) is -3.41. The Labute approximate surface area is 84.3 Å². The predicted molar refractivity (Wildman–Crippen MR) is 51.0 cm³/mol. The normalized spacial score (nSPS) is 15.6. The first kappa shape index (κ1) is 13.8. The van der Waals surface area contributed by atoms with E-state index >= 15 is 0 Å². The third-order valence-electron chi connectivity index (χ3n) is 2.43. The van der Waals surface area contributed by atoms with Gasteiger partial charge in [-0.2, -0.15) is 0 Å². The van der Waals surface area contributed by atoms with Gasteiger partial charge in [0.25, 0.3) is 0 Å². The predicted octanol–water partition coefficient (Wildman–Crippen LogP) is 4.45. The van der Waals surface area contributed by atoms with Crippen molar-refractivity contribution in [3.63, 3.8) is 0 Å². The van der Waals surface area contributed by atoms with Crippen LogP contribution in [0.2, 0.25) is 0 Å². The fourth-order valence-electron chi connectivity index (χ4n) is 1.61. The lowest BCUT2D eigenvalue weighted by Gasteiger charge is -2.26. The van der Waals surface area contributed by atoms with Gasteiger partial charge in [0.1, 0.15) is 0 Å². The maximum Gasteiger partial charge on any atom is 0.247 e. The molecule has 0 bridgehead atoms. The molecule has 0 aromatic rings. The summed E-state index contributed by atoms with van der Waals surface area (Å²) in [7, 11) is 0. The molecule has 0 saturated carbocycles. The summed E-state index contributed by atoms with van der Waals surface area (Å²) in [5.41, 5.74) is -0.702. The molecule has 0 aromatic carbocycles. The van der Waals surface area contributed by atoms with Gasteiger partial charge in [0.2, 0.25) is 11.2 Å². The summed E-state index contributed by atoms with van der Waals surface area (Å²) in [6.45, 7) is 6.94. The van der Waals surface area contributed by atoms with Crippen molar-refractivity contribution < 1.29 is 18.6 Å². The van der Waals surface area contributed by atoms with Crippen LogP contribution in [0.15, 0.2) is 0 Å². The van der Waals surface area contributed by atoms with Gasteiger partial charge in [-0.25, -0.2) is 0 Å². The maximum atomic E-state index is 12.6. The molecule has 0 aromatic heterocycles. The first-order chi connectivity index (χ1) is 6.19. The topological polar surface area (TPSA) is 0 Å². The van der Waals surface area contributed by atoms with Crippen LogP contribution in [0.5, 0.6) is 0 Å². The molecular weight excluding hydrogens is 191 g/mol. The first-order valence-corrected chi connectivity index (χ1v) is 5.17. The van der Waals surface area contributed by atoms with Gasteiger partial charge in [0, 0.05) is 11.8 Å². The van der Waals surface area contributed by atoms with Crippen molar-refractivity contribution in [3.8, 4) is 0 Å². The van der Waals surface area contributed by atoms with Crippen LogP contribution in [0.1, 0.15) is 53.4 Å². The minimum Gasteiger partial charge on any atom is -0.0654 e. The number of unbranched alkanes of at least 4 members (excludes halogenated alkanes) is 2. The fourth-order valence-corrected chi connectivity index (χ4v) is 1.61. The van der Waals surface area contributed by atoms with Gasteiger partial charge in [0.05, 0.1) is 13.4 Å². The van der Waals surface area contributed by atoms with Gasteiger partial charge in [-0.3, -0.25) is 0 Å². The zero-order valence-electron chi connectivity index (χ0n) is 9.49. The molecule has 1 atom stereocenters. The number of hydrogen-bond acceptors (Lipinski definition) is 0. The van der Waals surface area contributed by atoms with E-state index in [1.807, 2.05) is 6.92 Å². The highest BCUT2D eigenvalue weighted by Gasteiger charge is 2.50. The molecule has 0 aliphatic rings. The standard InChI is InChI=1S/C10H21F3N/c1-5-6-7-8-9(10(2,3)4)14(11,12)13/h9H,5-8H2,1-4H3/q+1. The fraction of sp³-hybridized carbons (Fsp3) is 1.00. The number of quaternary nitrogens is 1. The minimum atomic E-state index is -3.41. The maximum absolute atomic E-state index is 12.6. The Bertz CT molecular complexity index is 144. The highest BCUT2D eigenvalue weighted by atomic mass is 19.6. The summed E-state index contributed by atoms with van der Waals surface area (Å²) < 4.78 is 37.7. The van der Waals surface area contributed by atoms with E-state index in [1.165, 1.54) is 0 Å². The Balaban J connectivity index is 4.28. The van der Waals surface area contributed by atoms with E-state index < -0.39 is 16.6 Å². The van der Waals surface area contributed by atoms with Crippen molar-refractivity contribution in [1.29, 1.82) is 0 Å². The van der Waals surface area contributed by atoms with E-state index in [4.69, 9.17) is 0 Å². The van der Waals surface area contributed by atoms with Gasteiger partial charge < -0.3 is 0 Å². The second kappa shape index (κ2) is 5.01. The monoisotopic (exact) mass is 212 g/mol. The van der Waals surface area contributed by atoms with Gasteiger partial charge in [-0.05, 0) is 6.42 Å². The quantitative estimate of drug-likeness (QED) is 0.466. The number of rotatable bonds is 5. The van der Waals surface area contributed by atoms with Crippen molar-refractivity contribution in [2.45, 2.75) is 59.4 Å². The summed E-state index contributed by atoms with van der Waals surface area (Å²) in [6.07, 6.45) is 2.74. The minimum absolute atomic E-state index is 0.237. The SMILES string of the molecule is CCCCCC(C(C)(C)C)[N+](F)(F)F. The highest BCUT2D eigenvalue weighted by molar-refractivity contribution is 4.72. The van der Waals surface area contributed by atoms with E-state index in [0.717, 1.165) is 12.8 Å². The number of nitrogens with zero attached hydrogens (tertiary/aromatic N) is 1. The molecular formula is C10H21F3N+. The largest absolute Gasteiger partial charge is 0.247 e. The second-order valence-electron chi connectivity index (χ2n) is 4.86. The third-order valence-corrected chi connectivity index (χ3v) is 2.43. The molecule has 0 spiro atoms. The Kier molecular flexibility index (Phi) is 4.92. The molecule has 0 rings (SSSR count). The van der Waals surface area contributed by atoms with E-state index in [2.05, 4.69) is 0 Å². The zero-order chi connectivity index (χ0) is 11.4. The van der Waals surface area contributed by atoms with Crippen molar-refractivity contribution in [3.05, 3.63) is 0 Å². The van der Waals surface area contributed by atoms with Gasteiger partial charge in [0.15, 0.2) is 0 Å². The summed E-state index contributed by atoms with van der Waals surface area (Å²) in [5.74, 6) is 0. The van der Waals surface area contributed by atoms with Crippen molar-refractivity contribution in [2.75, 3.05) is 0 Å². The van der Waals surface area contributed by atoms with E-state index in [9.17, 15) is 13.4 Å². The molecule has 86 valence electrons. The van der Waals surface area contributed by atoms with Gasteiger partial charge in [-0.15, -0.1) is 0 Å². The Morgan fingerprint density at radius 2 is 1.57 bits per heavy atom. The van der Waals surface area contributed by atoms with Crippen LogP contribution in [-0.4, -0.2) is 11.2 Å². The molecule has 0 N–H and O–H groups in total. The molecule has 0 saturated heterocycles. The lowest BCUT2D eigenvalue weighted by Crippen LogP contribution is -2.43. The first-order valence-electron chi connectivity index (χ1n) is 5.17. The molecule has 4 heteroatoms. The van der Waals surface area contributed by atoms with E-state index in [1.54, 1.807) is 20.8 Å². The second-order valence-corrected chi connectivity index (χ2v) is 4.86. The molecule has 0 aliphatic heterocycles. The van der Waals surface area contributed by atoms with Crippen molar-refractivity contribution >= 4 is 0 Å². The average molecular weight is 212 g/mol. The molecule has 0 amide bonds. The lowest BCUT2D eigenvalue weighted by atomic mass is 9.84. The van der Waals surface area contributed by atoms with Crippen LogP contribution < -0.4 is 0 Å². The van der Waals surface area contributed by atoms with Crippen molar-refractivity contribution in [1.82, 2.24) is 0 Å². The Hall–Kier alpha value is -0.250. The van der Waals surface area contributed by atoms with E-state index in [-0.39, 0.29) is 6.42 Å². The number of hydrogen-bond donors (Lipinski definition) is 0. The molecule has 1 unspecified atom stereocenters. The van der Waals surface area contributed by atoms with Gasteiger partial charge >= 0.3 is 0 Å². The van der Waals surface area contributed by atoms with Crippen LogP contribution in [0.25, 0.3) is 0 Å². The summed E-state index contributed by atoms with van der Waals surface area (Å²) in [4.78, 5) is 0. The molecule has 0 heterocycles. The Morgan fingerprint density at radius 3 is 1.86 bits per heavy atom. The highest BCUT2D eigenvalue weighted by Crippen LogP contribution is 2.35. The van der Waals surface area contributed by atoms with Crippen LogP contribution in [0.4, 0.5) is 13.4 Å². The summed E-state index contributed by atoms with van der Waals surface area (Å²) >= 11 is 0. The van der Waals surface area contributed by atoms with Crippen molar-refractivity contribution in [2.24, 2.45) is 5.41 Å². The Morgan fingerprint density at radius 1 is 1.07 bits per heavy atom. The average Bonchev–Trinajstić information content (AvgIpc) is 1.92. The number of halogens is 3. The molecule has 0 fully saturated rings. The molecule has 1 nitrogen and oxygen atoms in total. The third kappa shape index (κ3) is 4.84.